The Bertz CT molecular complexity index is 499. The number of rotatable bonds is 3. The molecule has 0 saturated heterocycles. The van der Waals surface area contributed by atoms with Crippen molar-refractivity contribution in [2.24, 2.45) is 11.8 Å². The molecule has 1 aliphatic carbocycles. The number of aryl methyl sites for hydroxylation is 1. The number of hydrogen-bond donors (Lipinski definition) is 0. The first kappa shape index (κ1) is 14.7. The monoisotopic (exact) mass is 264 g/mol. The van der Waals surface area contributed by atoms with Crippen molar-refractivity contribution in [1.29, 1.82) is 0 Å². The van der Waals surface area contributed by atoms with Crippen LogP contribution in [-0.2, 0) is 6.42 Å². The van der Waals surface area contributed by atoms with E-state index < -0.39 is 0 Å². The fraction of sp³-hybridized carbons (Fsp3) is 0.400. The molecule has 104 valence electrons. The summed E-state index contributed by atoms with van der Waals surface area (Å²) in [5, 5.41) is 0. The van der Waals surface area contributed by atoms with Crippen LogP contribution in [0.1, 0.15) is 43.7 Å². The first-order chi connectivity index (χ1) is 9.81. The number of benzene rings is 1. The lowest BCUT2D eigenvalue weighted by atomic mass is 9.82. The second-order valence-electron chi connectivity index (χ2n) is 5.59. The second-order valence-corrected chi connectivity index (χ2v) is 5.59. The third-order valence-corrected chi connectivity index (χ3v) is 4.18. The molecular formula is C20H24. The van der Waals surface area contributed by atoms with Gasteiger partial charge in [-0.25, -0.2) is 0 Å². The summed E-state index contributed by atoms with van der Waals surface area (Å²) in [6.07, 6.45) is 12.6. The van der Waals surface area contributed by atoms with Crippen LogP contribution in [0.15, 0.2) is 49.1 Å². The minimum absolute atomic E-state index is 0.711. The van der Waals surface area contributed by atoms with Crippen molar-refractivity contribution >= 4 is 0 Å². The Morgan fingerprint density at radius 1 is 1.10 bits per heavy atom. The van der Waals surface area contributed by atoms with Crippen LogP contribution in [-0.4, -0.2) is 0 Å². The third kappa shape index (κ3) is 4.42. The van der Waals surface area contributed by atoms with Crippen LogP contribution in [0.3, 0.4) is 0 Å². The molecule has 2 rings (SSSR count). The molecule has 20 heavy (non-hydrogen) atoms. The van der Waals surface area contributed by atoms with Crippen molar-refractivity contribution in [1.82, 2.24) is 0 Å². The van der Waals surface area contributed by atoms with Gasteiger partial charge in [-0.2, -0.15) is 0 Å². The van der Waals surface area contributed by atoms with E-state index in [9.17, 15) is 0 Å². The molecule has 0 aliphatic heterocycles. The smallest absolute Gasteiger partial charge is 0.0249 e. The van der Waals surface area contributed by atoms with Gasteiger partial charge in [0, 0.05) is 5.56 Å². The molecule has 0 aromatic heterocycles. The van der Waals surface area contributed by atoms with Crippen molar-refractivity contribution in [2.45, 2.75) is 39.0 Å². The maximum atomic E-state index is 3.89. The predicted octanol–water partition coefficient (Wildman–Crippen LogP) is 5.15. The zero-order chi connectivity index (χ0) is 14.2. The average Bonchev–Trinajstić information content (AvgIpc) is 2.53. The van der Waals surface area contributed by atoms with Gasteiger partial charge in [0.1, 0.15) is 0 Å². The lowest BCUT2D eigenvalue weighted by molar-refractivity contribution is 0.357. The lowest BCUT2D eigenvalue weighted by Crippen LogP contribution is -2.10. The maximum Gasteiger partial charge on any atom is 0.0249 e. The fourth-order valence-electron chi connectivity index (χ4n) is 2.71. The molecule has 0 heteroatoms. The standard InChI is InChI=1S/C20H24/c1-3-17-9-13-19(14-10-17)7-5-6-8-20-15-11-18(4-2)12-16-20/h3,5,7,11-12,15-17,19H,1,4,9-10,13-14H2,2H3/b7-5+/t17-,19-. The largest absolute Gasteiger partial charge is 0.103 e. The molecule has 0 spiro atoms. The molecule has 0 nitrogen and oxygen atoms in total. The Kier molecular flexibility index (Phi) is 5.69. The quantitative estimate of drug-likeness (QED) is 0.523. The van der Waals surface area contributed by atoms with Crippen molar-refractivity contribution in [3.63, 3.8) is 0 Å². The van der Waals surface area contributed by atoms with Gasteiger partial charge in [-0.1, -0.05) is 43.0 Å². The van der Waals surface area contributed by atoms with Crippen molar-refractivity contribution < 1.29 is 0 Å². The van der Waals surface area contributed by atoms with Gasteiger partial charge in [0.15, 0.2) is 0 Å². The second kappa shape index (κ2) is 7.75. The van der Waals surface area contributed by atoms with Gasteiger partial charge in [-0.3, -0.25) is 0 Å². The molecular weight excluding hydrogens is 240 g/mol. The minimum Gasteiger partial charge on any atom is -0.103 e. The molecule has 1 saturated carbocycles. The summed E-state index contributed by atoms with van der Waals surface area (Å²) >= 11 is 0. The Labute approximate surface area is 123 Å². The van der Waals surface area contributed by atoms with Gasteiger partial charge in [-0.05, 0) is 67.7 Å². The Hall–Kier alpha value is -1.74. The summed E-state index contributed by atoms with van der Waals surface area (Å²) in [7, 11) is 0. The summed E-state index contributed by atoms with van der Waals surface area (Å²) < 4.78 is 0. The van der Waals surface area contributed by atoms with Crippen LogP contribution < -0.4 is 0 Å². The van der Waals surface area contributed by atoms with E-state index in [2.05, 4.69) is 61.8 Å². The third-order valence-electron chi connectivity index (χ3n) is 4.18. The van der Waals surface area contributed by atoms with E-state index in [-0.39, 0.29) is 0 Å². The van der Waals surface area contributed by atoms with Gasteiger partial charge in [0.05, 0.1) is 0 Å². The van der Waals surface area contributed by atoms with Crippen LogP contribution in [0, 0.1) is 23.7 Å². The molecule has 0 atom stereocenters. The summed E-state index contributed by atoms with van der Waals surface area (Å²) in [6, 6.07) is 8.53. The van der Waals surface area contributed by atoms with E-state index in [1.807, 2.05) is 6.08 Å². The molecule has 0 radical (unpaired) electrons. The fourth-order valence-corrected chi connectivity index (χ4v) is 2.71. The maximum absolute atomic E-state index is 3.89. The van der Waals surface area contributed by atoms with Crippen LogP contribution >= 0.6 is 0 Å². The highest BCUT2D eigenvalue weighted by Crippen LogP contribution is 2.29. The topological polar surface area (TPSA) is 0 Å². The molecule has 1 fully saturated rings. The highest BCUT2D eigenvalue weighted by Gasteiger charge is 2.16. The van der Waals surface area contributed by atoms with Gasteiger partial charge >= 0.3 is 0 Å². The highest BCUT2D eigenvalue weighted by molar-refractivity contribution is 5.38. The zero-order valence-corrected chi connectivity index (χ0v) is 12.4. The minimum atomic E-state index is 0.711. The van der Waals surface area contributed by atoms with Crippen LogP contribution in [0.5, 0.6) is 0 Å². The van der Waals surface area contributed by atoms with E-state index in [1.165, 1.54) is 31.2 Å². The Morgan fingerprint density at radius 2 is 1.75 bits per heavy atom. The van der Waals surface area contributed by atoms with E-state index in [0.717, 1.165) is 17.9 Å². The van der Waals surface area contributed by atoms with Crippen molar-refractivity contribution in [3.05, 3.63) is 60.2 Å². The van der Waals surface area contributed by atoms with Crippen molar-refractivity contribution in [2.75, 3.05) is 0 Å². The highest BCUT2D eigenvalue weighted by atomic mass is 14.2. The van der Waals surface area contributed by atoms with Crippen LogP contribution in [0.4, 0.5) is 0 Å². The SMILES string of the molecule is C=C[C@H]1CC[C@H](/C=C/C#Cc2ccc(CC)cc2)CC1. The van der Waals surface area contributed by atoms with E-state index in [0.29, 0.717) is 5.92 Å². The Balaban J connectivity index is 1.84. The van der Waals surface area contributed by atoms with Crippen molar-refractivity contribution in [3.8, 4) is 11.8 Å². The summed E-state index contributed by atoms with van der Waals surface area (Å²) in [4.78, 5) is 0. The molecule has 0 unspecified atom stereocenters. The first-order valence-electron chi connectivity index (χ1n) is 7.71. The van der Waals surface area contributed by atoms with E-state index in [1.54, 1.807) is 0 Å². The normalized spacial score (nSPS) is 22.2. The molecule has 1 aromatic rings. The number of allylic oxidation sites excluding steroid dienone is 3. The van der Waals surface area contributed by atoms with Gasteiger partial charge < -0.3 is 0 Å². The summed E-state index contributed by atoms with van der Waals surface area (Å²) in [5.74, 6) is 7.81. The van der Waals surface area contributed by atoms with Crippen LogP contribution in [0.2, 0.25) is 0 Å². The summed E-state index contributed by atoms with van der Waals surface area (Å²) in [5.41, 5.74) is 2.47. The average molecular weight is 264 g/mol. The van der Waals surface area contributed by atoms with Gasteiger partial charge in [0.25, 0.3) is 0 Å². The van der Waals surface area contributed by atoms with E-state index >= 15 is 0 Å². The molecule has 0 N–H and O–H groups in total. The molecule has 0 heterocycles. The first-order valence-corrected chi connectivity index (χ1v) is 7.71. The predicted molar refractivity (Wildman–Crippen MR) is 87.5 cm³/mol. The number of hydrogen-bond acceptors (Lipinski definition) is 0. The molecule has 1 aromatic carbocycles. The van der Waals surface area contributed by atoms with E-state index in [4.69, 9.17) is 0 Å². The van der Waals surface area contributed by atoms with Gasteiger partial charge in [-0.15, -0.1) is 6.58 Å². The van der Waals surface area contributed by atoms with Crippen LogP contribution in [0.25, 0.3) is 0 Å². The zero-order valence-electron chi connectivity index (χ0n) is 12.4. The lowest BCUT2D eigenvalue weighted by Gasteiger charge is -2.23. The summed E-state index contributed by atoms with van der Waals surface area (Å²) in [6.45, 7) is 6.06. The molecule has 0 bridgehead atoms. The molecule has 0 amide bonds. The van der Waals surface area contributed by atoms with Gasteiger partial charge in [0.2, 0.25) is 0 Å². The molecule has 1 aliphatic rings. The Morgan fingerprint density at radius 3 is 2.35 bits per heavy atom.